The Kier molecular flexibility index (Phi) is 4.89. The zero-order valence-corrected chi connectivity index (χ0v) is 12.9. The molecule has 0 saturated heterocycles. The van der Waals surface area contributed by atoms with E-state index in [0.29, 0.717) is 12.1 Å². The van der Waals surface area contributed by atoms with Crippen LogP contribution in [0.5, 0.6) is 0 Å². The van der Waals surface area contributed by atoms with E-state index in [1.807, 2.05) is 9.44 Å². The van der Waals surface area contributed by atoms with Gasteiger partial charge in [-0.05, 0) is 36.4 Å². The van der Waals surface area contributed by atoms with Crippen LogP contribution in [0.25, 0.3) is 0 Å². The van der Waals surface area contributed by atoms with Crippen LogP contribution in [0.2, 0.25) is 0 Å². The fourth-order valence-electron chi connectivity index (χ4n) is 1.85. The van der Waals surface area contributed by atoms with Crippen molar-refractivity contribution in [2.24, 2.45) is 0 Å². The van der Waals surface area contributed by atoms with Crippen molar-refractivity contribution in [3.05, 3.63) is 59.7 Å². The zero-order chi connectivity index (χ0) is 18.9. The van der Waals surface area contributed by atoms with Gasteiger partial charge in [0.15, 0.2) is 0 Å². The molecule has 2 aromatic carbocycles. The minimum absolute atomic E-state index is 0.394. The van der Waals surface area contributed by atoms with Crippen LogP contribution in [-0.4, -0.2) is 8.42 Å². The second-order valence-electron chi connectivity index (χ2n) is 4.86. The first kappa shape index (κ1) is 18.9. The summed E-state index contributed by atoms with van der Waals surface area (Å²) in [5.74, 6) is 0. The average Bonchev–Trinajstić information content (AvgIpc) is 2.45. The Balaban J connectivity index is 2.21. The second-order valence-corrected chi connectivity index (χ2v) is 6.28. The molecular weight excluding hydrogens is 374 g/mol. The van der Waals surface area contributed by atoms with Crippen LogP contribution in [0.15, 0.2) is 48.5 Å². The highest BCUT2D eigenvalue weighted by atomic mass is 32.2. The lowest BCUT2D eigenvalue weighted by atomic mass is 10.2. The first-order valence-corrected chi connectivity index (χ1v) is 8.00. The van der Waals surface area contributed by atoms with Crippen molar-refractivity contribution in [3.8, 4) is 0 Å². The predicted octanol–water partition coefficient (Wildman–Crippen LogP) is 4.49. The number of anilines is 2. The molecule has 0 aliphatic carbocycles. The van der Waals surface area contributed by atoms with Gasteiger partial charge >= 0.3 is 22.6 Å². The molecule has 0 aliphatic rings. The number of halogens is 6. The highest BCUT2D eigenvalue weighted by molar-refractivity contribution is 7.94. The summed E-state index contributed by atoms with van der Waals surface area (Å²) >= 11 is 0. The molecule has 0 aromatic heterocycles. The Morgan fingerprint density at radius 3 is 1.36 bits per heavy atom. The fourth-order valence-corrected chi connectivity index (χ4v) is 2.78. The standard InChI is InChI=1S/C14H10F6N2O2S/c15-13(16,17)9-3-1-5-11(7-9)21-25(23,24)22-12-6-2-4-10(8-12)14(18,19)20/h1-8,21-22H. The van der Waals surface area contributed by atoms with Crippen LogP contribution in [0.1, 0.15) is 11.1 Å². The maximum absolute atomic E-state index is 12.6. The van der Waals surface area contributed by atoms with Crippen LogP contribution in [0.3, 0.4) is 0 Å². The van der Waals surface area contributed by atoms with Gasteiger partial charge < -0.3 is 0 Å². The van der Waals surface area contributed by atoms with E-state index in [2.05, 4.69) is 0 Å². The zero-order valence-electron chi connectivity index (χ0n) is 12.1. The molecule has 2 aromatic rings. The van der Waals surface area contributed by atoms with E-state index < -0.39 is 45.1 Å². The molecule has 25 heavy (non-hydrogen) atoms. The number of hydrogen-bond donors (Lipinski definition) is 2. The summed E-state index contributed by atoms with van der Waals surface area (Å²) in [5, 5.41) is 0. The molecule has 0 saturated carbocycles. The van der Waals surface area contributed by atoms with E-state index in [-0.39, 0.29) is 0 Å². The molecule has 0 heterocycles. The Hall–Kier alpha value is -2.43. The van der Waals surface area contributed by atoms with Gasteiger partial charge in [0.05, 0.1) is 22.5 Å². The van der Waals surface area contributed by atoms with Crippen molar-refractivity contribution < 1.29 is 34.8 Å². The third kappa shape index (κ3) is 5.28. The summed E-state index contributed by atoms with van der Waals surface area (Å²) in [7, 11) is -4.45. The molecule has 0 fully saturated rings. The lowest BCUT2D eigenvalue weighted by molar-refractivity contribution is -0.138. The highest BCUT2D eigenvalue weighted by Gasteiger charge is 2.31. The van der Waals surface area contributed by atoms with E-state index in [1.165, 1.54) is 0 Å². The summed E-state index contributed by atoms with van der Waals surface area (Å²) in [6.45, 7) is 0. The fraction of sp³-hybridized carbons (Fsp3) is 0.143. The number of benzene rings is 2. The van der Waals surface area contributed by atoms with Crippen molar-refractivity contribution in [2.75, 3.05) is 9.44 Å². The maximum Gasteiger partial charge on any atom is 0.416 e. The third-order valence-corrected chi connectivity index (χ3v) is 3.89. The molecule has 0 amide bonds. The third-order valence-electron chi connectivity index (χ3n) is 2.88. The van der Waals surface area contributed by atoms with Gasteiger partial charge in [-0.1, -0.05) is 12.1 Å². The van der Waals surface area contributed by atoms with E-state index in [9.17, 15) is 34.8 Å². The molecule has 0 unspecified atom stereocenters. The first-order valence-electron chi connectivity index (χ1n) is 6.52. The average molecular weight is 384 g/mol. The van der Waals surface area contributed by atoms with Gasteiger partial charge in [0.2, 0.25) is 0 Å². The van der Waals surface area contributed by atoms with E-state index >= 15 is 0 Å². The molecular formula is C14H10F6N2O2S. The monoisotopic (exact) mass is 384 g/mol. The smallest absolute Gasteiger partial charge is 0.267 e. The summed E-state index contributed by atoms with van der Waals surface area (Å²) in [5.41, 5.74) is -2.94. The number of hydrogen-bond acceptors (Lipinski definition) is 2. The van der Waals surface area contributed by atoms with E-state index in [0.717, 1.165) is 36.4 Å². The Labute approximate surface area is 138 Å². The second kappa shape index (κ2) is 6.47. The van der Waals surface area contributed by atoms with Crippen molar-refractivity contribution in [2.45, 2.75) is 12.4 Å². The molecule has 0 bridgehead atoms. The Bertz CT molecular complexity index is 797. The van der Waals surface area contributed by atoms with E-state index in [4.69, 9.17) is 0 Å². The van der Waals surface area contributed by atoms with Crippen LogP contribution >= 0.6 is 0 Å². The van der Waals surface area contributed by atoms with Crippen molar-refractivity contribution in [1.29, 1.82) is 0 Å². The molecule has 2 rings (SSSR count). The first-order chi connectivity index (χ1) is 11.4. The summed E-state index contributed by atoms with van der Waals surface area (Å²) < 4.78 is 103. The highest BCUT2D eigenvalue weighted by Crippen LogP contribution is 2.32. The quantitative estimate of drug-likeness (QED) is 0.763. The van der Waals surface area contributed by atoms with Crippen molar-refractivity contribution in [3.63, 3.8) is 0 Å². The van der Waals surface area contributed by atoms with Gasteiger partial charge in [-0.2, -0.15) is 34.8 Å². The molecule has 0 aliphatic heterocycles. The molecule has 0 atom stereocenters. The van der Waals surface area contributed by atoms with Gasteiger partial charge in [0, 0.05) is 0 Å². The molecule has 136 valence electrons. The van der Waals surface area contributed by atoms with Crippen LogP contribution in [-0.2, 0) is 22.6 Å². The maximum atomic E-state index is 12.6. The minimum Gasteiger partial charge on any atom is -0.267 e. The van der Waals surface area contributed by atoms with Crippen molar-refractivity contribution >= 4 is 21.6 Å². The Morgan fingerprint density at radius 2 is 1.04 bits per heavy atom. The van der Waals surface area contributed by atoms with Gasteiger partial charge in [0.25, 0.3) is 0 Å². The topological polar surface area (TPSA) is 58.2 Å². The summed E-state index contributed by atoms with van der Waals surface area (Å²) in [4.78, 5) is 0. The summed E-state index contributed by atoms with van der Waals surface area (Å²) in [6.07, 6.45) is -9.34. The lowest BCUT2D eigenvalue weighted by Crippen LogP contribution is -2.22. The van der Waals surface area contributed by atoms with Crippen LogP contribution in [0.4, 0.5) is 37.7 Å². The van der Waals surface area contributed by atoms with Crippen LogP contribution < -0.4 is 9.44 Å². The Morgan fingerprint density at radius 1 is 0.680 bits per heavy atom. The van der Waals surface area contributed by atoms with Gasteiger partial charge in [0.1, 0.15) is 0 Å². The normalized spacial score (nSPS) is 12.7. The van der Waals surface area contributed by atoms with Crippen LogP contribution in [0, 0.1) is 0 Å². The van der Waals surface area contributed by atoms with Crippen molar-refractivity contribution in [1.82, 2.24) is 0 Å². The number of nitrogens with one attached hydrogen (secondary N) is 2. The predicted molar refractivity (Wildman–Crippen MR) is 79.1 cm³/mol. The van der Waals surface area contributed by atoms with Gasteiger partial charge in [-0.3, -0.25) is 9.44 Å². The SMILES string of the molecule is O=S(=O)(Nc1cccc(C(F)(F)F)c1)Nc1cccc(C(F)(F)F)c1. The number of rotatable bonds is 4. The van der Waals surface area contributed by atoms with E-state index in [1.54, 1.807) is 0 Å². The lowest BCUT2D eigenvalue weighted by Gasteiger charge is -2.13. The summed E-state index contributed by atoms with van der Waals surface area (Å²) in [6, 6.07) is 6.74. The molecule has 2 N–H and O–H groups in total. The van der Waals surface area contributed by atoms with Gasteiger partial charge in [-0.15, -0.1) is 0 Å². The molecule has 4 nitrogen and oxygen atoms in total. The molecule has 11 heteroatoms. The molecule has 0 radical (unpaired) electrons. The largest absolute Gasteiger partial charge is 0.416 e. The number of alkyl halides is 6. The van der Waals surface area contributed by atoms with Gasteiger partial charge in [-0.25, -0.2) is 0 Å². The molecule has 0 spiro atoms. The minimum atomic E-state index is -4.67.